The fourth-order valence-electron chi connectivity index (χ4n) is 2.65. The van der Waals surface area contributed by atoms with Crippen molar-refractivity contribution in [3.8, 4) is 5.75 Å². The Labute approximate surface area is 162 Å². The van der Waals surface area contributed by atoms with Gasteiger partial charge in [-0.15, -0.1) is 0 Å². The topological polar surface area (TPSA) is 107 Å². The highest BCUT2D eigenvalue weighted by atomic mass is 32.2. The van der Waals surface area contributed by atoms with Crippen LogP contribution in [-0.4, -0.2) is 34.1 Å². The summed E-state index contributed by atoms with van der Waals surface area (Å²) in [5, 5.41) is 13.2. The molecule has 0 amide bonds. The van der Waals surface area contributed by atoms with Crippen molar-refractivity contribution in [1.29, 1.82) is 4.78 Å². The van der Waals surface area contributed by atoms with Gasteiger partial charge in [-0.25, -0.2) is 18.1 Å². The fourth-order valence-corrected chi connectivity index (χ4v) is 3.87. The highest BCUT2D eigenvalue weighted by Gasteiger charge is 2.16. The van der Waals surface area contributed by atoms with E-state index in [1.165, 1.54) is 19.1 Å². The van der Waals surface area contributed by atoms with Crippen molar-refractivity contribution in [2.24, 2.45) is 0 Å². The average Bonchev–Trinajstić information content (AvgIpc) is 2.66. The summed E-state index contributed by atoms with van der Waals surface area (Å²) >= 11 is 0. The van der Waals surface area contributed by atoms with Crippen molar-refractivity contribution in [3.63, 3.8) is 0 Å². The molecule has 3 rings (SSSR count). The second kappa shape index (κ2) is 8.09. The van der Waals surface area contributed by atoms with Gasteiger partial charge in [0.2, 0.25) is 0 Å². The number of hydrogen-bond donors (Lipinski definition) is 4. The summed E-state index contributed by atoms with van der Waals surface area (Å²) in [6, 6.07) is 11.3. The molecule has 0 aliphatic carbocycles. The molecule has 1 heterocycles. The summed E-state index contributed by atoms with van der Waals surface area (Å²) in [7, 11) is -1.98. The molecule has 0 saturated carbocycles. The summed E-state index contributed by atoms with van der Waals surface area (Å²) in [4.78, 5) is 4.04. The summed E-state index contributed by atoms with van der Waals surface area (Å²) < 4.78 is 42.3. The Bertz CT molecular complexity index is 1100. The van der Waals surface area contributed by atoms with Crippen molar-refractivity contribution in [1.82, 2.24) is 9.71 Å². The minimum Gasteiger partial charge on any atom is -0.497 e. The lowest BCUT2D eigenvalue weighted by Gasteiger charge is -2.14. The summed E-state index contributed by atoms with van der Waals surface area (Å²) in [5.41, 5.74) is 1.88. The number of pyridine rings is 1. The maximum absolute atomic E-state index is 14.5. The zero-order chi connectivity index (χ0) is 20.3. The van der Waals surface area contributed by atoms with E-state index in [1.54, 1.807) is 31.5 Å². The minimum absolute atomic E-state index is 0.0752. The van der Waals surface area contributed by atoms with E-state index in [0.29, 0.717) is 11.4 Å². The summed E-state index contributed by atoms with van der Waals surface area (Å²) in [6.07, 6.45) is 0.833. The van der Waals surface area contributed by atoms with Crippen LogP contribution in [0, 0.1) is 10.6 Å². The van der Waals surface area contributed by atoms with Crippen molar-refractivity contribution in [3.05, 3.63) is 54.5 Å². The van der Waals surface area contributed by atoms with Gasteiger partial charge in [-0.2, -0.15) is 0 Å². The van der Waals surface area contributed by atoms with Crippen LogP contribution >= 0.6 is 0 Å². The first-order valence-corrected chi connectivity index (χ1v) is 10.1. The number of anilines is 2. The zero-order valence-electron chi connectivity index (χ0n) is 15.4. The number of nitrogens with zero attached hydrogens (tertiary/aromatic N) is 1. The van der Waals surface area contributed by atoms with Crippen LogP contribution in [0.5, 0.6) is 5.75 Å². The van der Waals surface area contributed by atoms with Crippen LogP contribution in [0.1, 0.15) is 6.92 Å². The number of aliphatic hydroxyl groups excluding tert-OH is 1. The van der Waals surface area contributed by atoms with E-state index in [1.807, 2.05) is 12.1 Å². The van der Waals surface area contributed by atoms with Crippen molar-refractivity contribution >= 4 is 32.2 Å². The molecule has 0 fully saturated rings. The second-order valence-corrected chi connectivity index (χ2v) is 8.11. The first-order chi connectivity index (χ1) is 13.3. The molecule has 0 spiro atoms. The van der Waals surface area contributed by atoms with Crippen LogP contribution in [-0.2, 0) is 9.92 Å². The highest BCUT2D eigenvalue weighted by Crippen LogP contribution is 2.29. The third-order valence-electron chi connectivity index (χ3n) is 4.05. The van der Waals surface area contributed by atoms with Crippen molar-refractivity contribution < 1.29 is 18.4 Å². The lowest BCUT2D eigenvalue weighted by Crippen LogP contribution is -2.30. The molecule has 148 valence electrons. The van der Waals surface area contributed by atoms with Gasteiger partial charge in [-0.05, 0) is 43.3 Å². The van der Waals surface area contributed by atoms with E-state index in [-0.39, 0.29) is 11.4 Å². The minimum atomic E-state index is -3.55. The van der Waals surface area contributed by atoms with Gasteiger partial charge >= 0.3 is 0 Å². The monoisotopic (exact) mass is 404 g/mol. The van der Waals surface area contributed by atoms with Crippen LogP contribution in [0.4, 0.5) is 15.8 Å². The fraction of sp³-hybridized carbons (Fsp3) is 0.211. The number of fused-ring (bicyclic) bond motifs is 1. The van der Waals surface area contributed by atoms with E-state index >= 15 is 0 Å². The van der Waals surface area contributed by atoms with Gasteiger partial charge < -0.3 is 15.2 Å². The Balaban J connectivity index is 1.88. The van der Waals surface area contributed by atoms with E-state index in [9.17, 15) is 13.7 Å². The third kappa shape index (κ3) is 4.38. The van der Waals surface area contributed by atoms with Gasteiger partial charge in [0.05, 0.1) is 23.6 Å². The Morgan fingerprint density at radius 2 is 2.07 bits per heavy atom. The largest absolute Gasteiger partial charge is 0.497 e. The van der Waals surface area contributed by atoms with Crippen LogP contribution in [0.25, 0.3) is 10.9 Å². The van der Waals surface area contributed by atoms with Gasteiger partial charge in [0.25, 0.3) is 0 Å². The van der Waals surface area contributed by atoms with Crippen molar-refractivity contribution in [2.75, 3.05) is 19.0 Å². The molecule has 0 radical (unpaired) electrons. The molecule has 4 N–H and O–H groups in total. The van der Waals surface area contributed by atoms with Crippen LogP contribution < -0.4 is 14.8 Å². The number of benzene rings is 2. The molecule has 0 aliphatic rings. The molecular formula is C19H21FN4O3S. The predicted octanol–water partition coefficient (Wildman–Crippen LogP) is 3.42. The number of aliphatic hydroxyl groups is 1. The standard InChI is InChI=1S/C19H21FN4O3S/c1-12(25)11-23-28(21,26)19-6-3-13(9-16(19)20)24-17-7-8-22-18-10-14(27-2)4-5-15(17)18/h3-10,12,25H,11H2,1-2H3,(H,22,24)(H2,21,23,26)/t12-,28?/m1/s1. The van der Waals surface area contributed by atoms with Crippen LogP contribution in [0.15, 0.2) is 53.6 Å². The molecule has 0 bridgehead atoms. The second-order valence-electron chi connectivity index (χ2n) is 6.27. The Morgan fingerprint density at radius 1 is 1.29 bits per heavy atom. The van der Waals surface area contributed by atoms with E-state index in [2.05, 4.69) is 15.0 Å². The van der Waals surface area contributed by atoms with Gasteiger partial charge in [0.15, 0.2) is 0 Å². The predicted molar refractivity (Wildman–Crippen MR) is 107 cm³/mol. The number of rotatable bonds is 7. The lowest BCUT2D eigenvalue weighted by atomic mass is 10.1. The van der Waals surface area contributed by atoms with Gasteiger partial charge in [-0.3, -0.25) is 4.98 Å². The maximum Gasteiger partial charge on any atom is 0.143 e. The Hall–Kier alpha value is -2.75. The van der Waals surface area contributed by atoms with Crippen LogP contribution in [0.2, 0.25) is 0 Å². The van der Waals surface area contributed by atoms with E-state index in [4.69, 9.17) is 9.52 Å². The molecule has 0 saturated heterocycles. The zero-order valence-corrected chi connectivity index (χ0v) is 16.2. The van der Waals surface area contributed by atoms with Gasteiger partial charge in [-0.1, -0.05) is 0 Å². The number of nitrogens with one attached hydrogen (secondary N) is 3. The van der Waals surface area contributed by atoms with Gasteiger partial charge in [0.1, 0.15) is 21.5 Å². The number of aromatic nitrogens is 1. The smallest absolute Gasteiger partial charge is 0.143 e. The Morgan fingerprint density at radius 3 is 2.75 bits per heavy atom. The normalized spacial score (nSPS) is 14.4. The van der Waals surface area contributed by atoms with Gasteiger partial charge in [0, 0.05) is 35.6 Å². The molecule has 3 aromatic rings. The van der Waals surface area contributed by atoms with E-state index < -0.39 is 21.8 Å². The summed E-state index contributed by atoms with van der Waals surface area (Å²) in [6.45, 7) is 1.41. The number of ether oxygens (including phenoxy) is 1. The first-order valence-electron chi connectivity index (χ1n) is 8.51. The number of hydrogen-bond acceptors (Lipinski definition) is 6. The Kier molecular flexibility index (Phi) is 5.78. The third-order valence-corrected chi connectivity index (χ3v) is 5.58. The molecular weight excluding hydrogens is 383 g/mol. The molecule has 1 aromatic heterocycles. The molecule has 2 atom stereocenters. The van der Waals surface area contributed by atoms with Crippen LogP contribution in [0.3, 0.4) is 0 Å². The first kappa shape index (κ1) is 20.0. The molecule has 1 unspecified atom stereocenters. The summed E-state index contributed by atoms with van der Waals surface area (Å²) in [5.74, 6) is -0.0921. The average molecular weight is 404 g/mol. The lowest BCUT2D eigenvalue weighted by molar-refractivity contribution is 0.199. The van der Waals surface area contributed by atoms with Crippen molar-refractivity contribution in [2.45, 2.75) is 17.9 Å². The quantitative estimate of drug-likeness (QED) is 0.483. The van der Waals surface area contributed by atoms with E-state index in [0.717, 1.165) is 16.6 Å². The highest BCUT2D eigenvalue weighted by molar-refractivity contribution is 7.90. The number of halogens is 1. The molecule has 9 heteroatoms. The number of methoxy groups -OCH3 is 1. The molecule has 2 aromatic carbocycles. The molecule has 28 heavy (non-hydrogen) atoms. The molecule has 0 aliphatic heterocycles. The SMILES string of the molecule is COc1ccc2c(Nc3ccc(S(=N)(=O)NC[C@@H](C)O)c(F)c3)ccnc2c1. The molecule has 7 nitrogen and oxygen atoms in total. The maximum atomic E-state index is 14.5.